The Balaban J connectivity index is 2.88. The molecule has 15 heavy (non-hydrogen) atoms. The van der Waals surface area contributed by atoms with E-state index in [4.69, 9.17) is 10.8 Å². The maximum Gasteiger partial charge on any atom is 0.337 e. The summed E-state index contributed by atoms with van der Waals surface area (Å²) in [6.45, 7) is 0. The van der Waals surface area contributed by atoms with Crippen LogP contribution in [0.2, 0.25) is 0 Å². The number of rotatable bonds is 1. The first-order valence-corrected chi connectivity index (χ1v) is 5.39. The third-order valence-electron chi connectivity index (χ3n) is 2.25. The third-order valence-corrected chi connectivity index (χ3v) is 3.42. The van der Waals surface area contributed by atoms with Gasteiger partial charge in [0.15, 0.2) is 0 Å². The average molecular weight is 313 g/mol. The van der Waals surface area contributed by atoms with Gasteiger partial charge in [-0.2, -0.15) is 0 Å². The molecule has 0 unspecified atom stereocenters. The van der Waals surface area contributed by atoms with Crippen molar-refractivity contribution in [1.29, 1.82) is 0 Å². The number of fused-ring (bicyclic) bond motifs is 1. The first kappa shape index (κ1) is 10.2. The van der Waals surface area contributed by atoms with Crippen LogP contribution in [0, 0.1) is 3.57 Å². The molecule has 0 atom stereocenters. The summed E-state index contributed by atoms with van der Waals surface area (Å²) in [5, 5.41) is 10.8. The molecular formula is C11H8INO2. The van der Waals surface area contributed by atoms with Crippen molar-refractivity contribution in [2.45, 2.75) is 0 Å². The monoisotopic (exact) mass is 313 g/mol. The predicted molar refractivity (Wildman–Crippen MR) is 68.0 cm³/mol. The maximum atomic E-state index is 10.9. The highest BCUT2D eigenvalue weighted by atomic mass is 127. The second kappa shape index (κ2) is 3.69. The number of nitrogen functional groups attached to an aromatic ring is 1. The normalized spacial score (nSPS) is 10.5. The Bertz CT molecular complexity index is 552. The van der Waals surface area contributed by atoms with Gasteiger partial charge in [0.1, 0.15) is 0 Å². The van der Waals surface area contributed by atoms with E-state index in [9.17, 15) is 4.79 Å². The number of hydrogen-bond donors (Lipinski definition) is 2. The summed E-state index contributed by atoms with van der Waals surface area (Å²) in [6.07, 6.45) is 0. The van der Waals surface area contributed by atoms with E-state index in [1.807, 2.05) is 24.3 Å². The molecule has 0 aromatic heterocycles. The molecule has 0 fully saturated rings. The lowest BCUT2D eigenvalue weighted by atomic mass is 10.1. The van der Waals surface area contributed by atoms with E-state index in [-0.39, 0.29) is 5.56 Å². The Morgan fingerprint density at radius 3 is 2.67 bits per heavy atom. The fourth-order valence-electron chi connectivity index (χ4n) is 1.50. The third kappa shape index (κ3) is 1.65. The maximum absolute atomic E-state index is 10.9. The molecule has 2 rings (SSSR count). The molecule has 0 heterocycles. The van der Waals surface area contributed by atoms with E-state index < -0.39 is 5.97 Å². The molecule has 3 nitrogen and oxygen atoms in total. The number of halogens is 1. The number of nitrogens with two attached hydrogens (primary N) is 1. The summed E-state index contributed by atoms with van der Waals surface area (Å²) in [5.41, 5.74) is 6.26. The summed E-state index contributed by atoms with van der Waals surface area (Å²) in [4.78, 5) is 10.9. The lowest BCUT2D eigenvalue weighted by Gasteiger charge is -2.07. The number of carboxylic acid groups (broad SMARTS) is 1. The van der Waals surface area contributed by atoms with Gasteiger partial charge in [0.05, 0.1) is 11.3 Å². The van der Waals surface area contributed by atoms with Gasteiger partial charge in [-0.05, 0) is 39.4 Å². The van der Waals surface area contributed by atoms with Crippen LogP contribution in [0.1, 0.15) is 10.4 Å². The molecule has 3 N–H and O–H groups in total. The minimum atomic E-state index is -0.990. The van der Waals surface area contributed by atoms with Crippen LogP contribution in [0.4, 0.5) is 5.69 Å². The van der Waals surface area contributed by atoms with E-state index in [1.54, 1.807) is 6.07 Å². The molecule has 0 saturated carbocycles. The van der Waals surface area contributed by atoms with Gasteiger partial charge in [0.2, 0.25) is 0 Å². The zero-order valence-electron chi connectivity index (χ0n) is 7.70. The highest BCUT2D eigenvalue weighted by Crippen LogP contribution is 2.29. The summed E-state index contributed by atoms with van der Waals surface area (Å²) in [6, 6.07) is 9.20. The molecular weight excluding hydrogens is 305 g/mol. The predicted octanol–water partition coefficient (Wildman–Crippen LogP) is 2.72. The van der Waals surface area contributed by atoms with E-state index >= 15 is 0 Å². The van der Waals surface area contributed by atoms with Gasteiger partial charge in [0, 0.05) is 3.57 Å². The Hall–Kier alpha value is -1.30. The second-order valence-corrected chi connectivity index (χ2v) is 4.26. The Morgan fingerprint density at radius 2 is 2.00 bits per heavy atom. The van der Waals surface area contributed by atoms with Crippen LogP contribution in [0.15, 0.2) is 30.3 Å². The standard InChI is InChI=1S/C11H8INO2/c12-9-7-4-2-1-3-6(7)5-8(10(9)13)11(14)15/h1-5H,13H2,(H,14,15). The second-order valence-electron chi connectivity index (χ2n) is 3.18. The molecule has 0 aliphatic heterocycles. The van der Waals surface area contributed by atoms with E-state index in [0.29, 0.717) is 5.69 Å². The quantitative estimate of drug-likeness (QED) is 0.628. The molecule has 2 aromatic rings. The largest absolute Gasteiger partial charge is 0.478 e. The SMILES string of the molecule is Nc1c(C(=O)O)cc2ccccc2c1I. The molecule has 0 radical (unpaired) electrons. The van der Waals surface area contributed by atoms with Crippen LogP contribution < -0.4 is 5.73 Å². The highest BCUT2D eigenvalue weighted by molar-refractivity contribution is 14.1. The molecule has 0 amide bonds. The van der Waals surface area contributed by atoms with Gasteiger partial charge < -0.3 is 10.8 Å². The summed E-state index contributed by atoms with van der Waals surface area (Å²) in [5.74, 6) is -0.990. The number of carbonyl (C=O) groups is 1. The molecule has 4 heteroatoms. The zero-order chi connectivity index (χ0) is 11.0. The van der Waals surface area contributed by atoms with Gasteiger partial charge in [-0.25, -0.2) is 4.79 Å². The van der Waals surface area contributed by atoms with E-state index in [1.165, 1.54) is 0 Å². The molecule has 76 valence electrons. The van der Waals surface area contributed by atoms with Crippen LogP contribution in [-0.4, -0.2) is 11.1 Å². The molecule has 0 spiro atoms. The van der Waals surface area contributed by atoms with Crippen molar-refractivity contribution in [2.75, 3.05) is 5.73 Å². The highest BCUT2D eigenvalue weighted by Gasteiger charge is 2.13. The van der Waals surface area contributed by atoms with Crippen molar-refractivity contribution in [3.05, 3.63) is 39.5 Å². The van der Waals surface area contributed by atoms with Crippen molar-refractivity contribution >= 4 is 45.0 Å². The van der Waals surface area contributed by atoms with Crippen molar-refractivity contribution < 1.29 is 9.90 Å². The van der Waals surface area contributed by atoms with Crippen molar-refractivity contribution in [3.63, 3.8) is 0 Å². The van der Waals surface area contributed by atoms with Crippen LogP contribution in [0.3, 0.4) is 0 Å². The Morgan fingerprint density at radius 1 is 1.33 bits per heavy atom. The summed E-state index contributed by atoms with van der Waals surface area (Å²) in [7, 11) is 0. The van der Waals surface area contributed by atoms with Crippen LogP contribution in [-0.2, 0) is 0 Å². The Labute approximate surface area is 100 Å². The molecule has 0 saturated heterocycles. The summed E-state index contributed by atoms with van der Waals surface area (Å²) < 4.78 is 0.795. The number of aromatic carboxylic acids is 1. The van der Waals surface area contributed by atoms with Crippen molar-refractivity contribution in [1.82, 2.24) is 0 Å². The van der Waals surface area contributed by atoms with Gasteiger partial charge in [-0.1, -0.05) is 24.3 Å². The molecule has 0 bridgehead atoms. The Kier molecular flexibility index (Phi) is 2.52. The number of anilines is 1. The minimum absolute atomic E-state index is 0.165. The number of carboxylic acids is 1. The molecule has 0 aliphatic rings. The fraction of sp³-hybridized carbons (Fsp3) is 0. The first-order chi connectivity index (χ1) is 7.11. The zero-order valence-corrected chi connectivity index (χ0v) is 9.86. The minimum Gasteiger partial charge on any atom is -0.478 e. The van der Waals surface area contributed by atoms with Crippen LogP contribution >= 0.6 is 22.6 Å². The van der Waals surface area contributed by atoms with Crippen molar-refractivity contribution in [2.24, 2.45) is 0 Å². The van der Waals surface area contributed by atoms with Gasteiger partial charge in [0.25, 0.3) is 0 Å². The van der Waals surface area contributed by atoms with E-state index in [0.717, 1.165) is 14.3 Å². The topological polar surface area (TPSA) is 63.3 Å². The van der Waals surface area contributed by atoms with Gasteiger partial charge in [-0.3, -0.25) is 0 Å². The first-order valence-electron chi connectivity index (χ1n) is 4.31. The van der Waals surface area contributed by atoms with Gasteiger partial charge >= 0.3 is 5.97 Å². The number of benzene rings is 2. The lowest BCUT2D eigenvalue weighted by Crippen LogP contribution is -2.04. The van der Waals surface area contributed by atoms with Crippen LogP contribution in [0.5, 0.6) is 0 Å². The van der Waals surface area contributed by atoms with Crippen molar-refractivity contribution in [3.8, 4) is 0 Å². The van der Waals surface area contributed by atoms with E-state index in [2.05, 4.69) is 22.6 Å². The molecule has 2 aromatic carbocycles. The lowest BCUT2D eigenvalue weighted by molar-refractivity contribution is 0.0698. The fourth-order valence-corrected chi connectivity index (χ4v) is 2.28. The summed E-state index contributed by atoms with van der Waals surface area (Å²) >= 11 is 2.07. The average Bonchev–Trinajstić information content (AvgIpc) is 2.23. The smallest absolute Gasteiger partial charge is 0.337 e. The molecule has 0 aliphatic carbocycles. The van der Waals surface area contributed by atoms with Crippen LogP contribution in [0.25, 0.3) is 10.8 Å². The van der Waals surface area contributed by atoms with Gasteiger partial charge in [-0.15, -0.1) is 0 Å². The number of hydrogen-bond acceptors (Lipinski definition) is 2.